The van der Waals surface area contributed by atoms with Gasteiger partial charge in [0.1, 0.15) is 18.4 Å². The number of benzene rings is 4. The molecule has 0 aromatic heterocycles. The summed E-state index contributed by atoms with van der Waals surface area (Å²) >= 11 is 5.87. The van der Waals surface area contributed by atoms with Crippen LogP contribution >= 0.6 is 11.6 Å². The normalized spacial score (nSPS) is 14.5. The van der Waals surface area contributed by atoms with Gasteiger partial charge in [-0.15, -0.1) is 0 Å². The van der Waals surface area contributed by atoms with E-state index in [1.54, 1.807) is 36.4 Å². The predicted molar refractivity (Wildman–Crippen MR) is 183 cm³/mol. The van der Waals surface area contributed by atoms with Gasteiger partial charge in [-0.1, -0.05) is 91.5 Å². The van der Waals surface area contributed by atoms with E-state index < -0.39 is 62.7 Å². The molecule has 1 saturated carbocycles. The van der Waals surface area contributed by atoms with Crippen molar-refractivity contribution in [3.8, 4) is 0 Å². The molecular weight excluding hydrogens is 694 g/mol. The lowest BCUT2D eigenvalue weighted by molar-refractivity contribution is -0.140. The molecule has 5 rings (SSSR count). The van der Waals surface area contributed by atoms with Crippen molar-refractivity contribution in [3.63, 3.8) is 0 Å². The topological polar surface area (TPSA) is 86.8 Å². The molecule has 1 fully saturated rings. The summed E-state index contributed by atoms with van der Waals surface area (Å²) in [4.78, 5) is 29.7. The standard InChI is InChI=1S/C37H36ClF4N3O4S/c38-33-21-20-30(23-32(33)37(40,41)42)45(50(48,49)31-14-8-3-9-15-31)25-35(46)44(24-27-16-18-28(39)19-17-27)34(22-26-10-4-1-5-11-26)36(47)43-29-12-6-2-7-13-29/h1,3-5,8-11,14-21,23,29,34H,2,6-7,12-13,22,24-25H2,(H,43,47). The summed E-state index contributed by atoms with van der Waals surface area (Å²) in [5, 5.41) is 2.43. The molecule has 13 heteroatoms. The highest BCUT2D eigenvalue weighted by atomic mass is 35.5. The Morgan fingerprint density at radius 3 is 2.08 bits per heavy atom. The Labute approximate surface area is 293 Å². The van der Waals surface area contributed by atoms with Gasteiger partial charge in [-0.25, -0.2) is 12.8 Å². The molecule has 0 spiro atoms. The number of hydrogen-bond acceptors (Lipinski definition) is 4. The van der Waals surface area contributed by atoms with Gasteiger partial charge in [0.05, 0.1) is 21.2 Å². The van der Waals surface area contributed by atoms with Crippen LogP contribution in [0.25, 0.3) is 0 Å². The first kappa shape index (κ1) is 36.9. The summed E-state index contributed by atoms with van der Waals surface area (Å²) in [6.45, 7) is -1.18. The predicted octanol–water partition coefficient (Wildman–Crippen LogP) is 7.78. The Balaban J connectivity index is 1.60. The highest BCUT2D eigenvalue weighted by Gasteiger charge is 2.38. The van der Waals surface area contributed by atoms with Crippen molar-refractivity contribution in [3.05, 3.63) is 131 Å². The number of rotatable bonds is 12. The van der Waals surface area contributed by atoms with Gasteiger partial charge in [-0.2, -0.15) is 13.2 Å². The van der Waals surface area contributed by atoms with E-state index in [1.165, 1.54) is 53.4 Å². The number of anilines is 1. The third kappa shape index (κ3) is 9.22. The molecule has 4 aromatic carbocycles. The zero-order chi connectivity index (χ0) is 35.9. The summed E-state index contributed by atoms with van der Waals surface area (Å²) in [6.07, 6.45) is -0.447. The average molecular weight is 730 g/mol. The summed E-state index contributed by atoms with van der Waals surface area (Å²) in [7, 11) is -4.64. The van der Waals surface area contributed by atoms with Crippen LogP contribution in [0.2, 0.25) is 5.02 Å². The summed E-state index contributed by atoms with van der Waals surface area (Å²) in [5.41, 5.74) is -0.567. The van der Waals surface area contributed by atoms with Crippen molar-refractivity contribution in [2.24, 2.45) is 0 Å². The zero-order valence-corrected chi connectivity index (χ0v) is 28.5. The van der Waals surface area contributed by atoms with Crippen molar-refractivity contribution in [1.29, 1.82) is 0 Å². The minimum Gasteiger partial charge on any atom is -0.352 e. The molecule has 50 heavy (non-hydrogen) atoms. The van der Waals surface area contributed by atoms with Crippen LogP contribution in [0, 0.1) is 5.82 Å². The molecule has 1 aliphatic rings. The molecule has 0 radical (unpaired) electrons. The summed E-state index contributed by atoms with van der Waals surface area (Å²) < 4.78 is 84.6. The molecule has 1 aliphatic carbocycles. The Morgan fingerprint density at radius 2 is 1.46 bits per heavy atom. The van der Waals surface area contributed by atoms with Gasteiger partial charge < -0.3 is 10.2 Å². The number of halogens is 5. The third-order valence-electron chi connectivity index (χ3n) is 8.64. The number of carbonyl (C=O) groups is 2. The maximum absolute atomic E-state index is 14.6. The smallest absolute Gasteiger partial charge is 0.352 e. The van der Waals surface area contributed by atoms with Gasteiger partial charge in [0.15, 0.2) is 0 Å². The number of amides is 2. The van der Waals surface area contributed by atoms with Crippen LogP contribution in [0.4, 0.5) is 23.2 Å². The number of sulfonamides is 1. The molecule has 2 amide bonds. The Hall–Kier alpha value is -4.42. The monoisotopic (exact) mass is 729 g/mol. The molecule has 0 aliphatic heterocycles. The number of carbonyl (C=O) groups excluding carboxylic acids is 2. The summed E-state index contributed by atoms with van der Waals surface area (Å²) in [6, 6.07) is 22.5. The fraction of sp³-hybridized carbons (Fsp3) is 0.297. The van der Waals surface area contributed by atoms with E-state index >= 15 is 0 Å². The van der Waals surface area contributed by atoms with Crippen LogP contribution in [-0.2, 0) is 38.8 Å². The highest BCUT2D eigenvalue weighted by molar-refractivity contribution is 7.92. The van der Waals surface area contributed by atoms with Crippen molar-refractivity contribution in [2.45, 2.75) is 68.2 Å². The van der Waals surface area contributed by atoms with Crippen LogP contribution in [0.1, 0.15) is 48.8 Å². The van der Waals surface area contributed by atoms with Crippen molar-refractivity contribution in [2.75, 3.05) is 10.8 Å². The Morgan fingerprint density at radius 1 is 0.840 bits per heavy atom. The Kier molecular flexibility index (Phi) is 11.8. The number of nitrogens with zero attached hydrogens (tertiary/aromatic N) is 2. The zero-order valence-electron chi connectivity index (χ0n) is 27.0. The highest BCUT2D eigenvalue weighted by Crippen LogP contribution is 2.38. The molecule has 1 atom stereocenters. The fourth-order valence-corrected chi connectivity index (χ4v) is 7.67. The largest absolute Gasteiger partial charge is 0.417 e. The van der Waals surface area contributed by atoms with Crippen molar-refractivity contribution in [1.82, 2.24) is 10.2 Å². The lowest BCUT2D eigenvalue weighted by Crippen LogP contribution is -2.55. The lowest BCUT2D eigenvalue weighted by Gasteiger charge is -2.35. The van der Waals surface area contributed by atoms with E-state index in [0.717, 1.165) is 49.8 Å². The first-order chi connectivity index (χ1) is 23.8. The fourth-order valence-electron chi connectivity index (χ4n) is 6.02. The third-order valence-corrected chi connectivity index (χ3v) is 10.8. The van der Waals surface area contributed by atoms with Crippen LogP contribution < -0.4 is 9.62 Å². The van der Waals surface area contributed by atoms with Gasteiger partial charge in [0.2, 0.25) is 11.8 Å². The van der Waals surface area contributed by atoms with E-state index in [1.807, 2.05) is 0 Å². The molecule has 0 saturated heterocycles. The quantitative estimate of drug-likeness (QED) is 0.151. The van der Waals surface area contributed by atoms with E-state index in [-0.39, 0.29) is 23.9 Å². The minimum absolute atomic E-state index is 0.0525. The maximum Gasteiger partial charge on any atom is 0.417 e. The van der Waals surface area contributed by atoms with Crippen molar-refractivity contribution >= 4 is 39.1 Å². The van der Waals surface area contributed by atoms with Gasteiger partial charge in [-0.05, 0) is 66.4 Å². The van der Waals surface area contributed by atoms with Gasteiger partial charge in [0, 0.05) is 19.0 Å². The molecule has 1 N–H and O–H groups in total. The molecule has 0 heterocycles. The first-order valence-corrected chi connectivity index (χ1v) is 18.0. The van der Waals surface area contributed by atoms with Crippen LogP contribution in [0.5, 0.6) is 0 Å². The summed E-state index contributed by atoms with van der Waals surface area (Å²) in [5.74, 6) is -1.84. The second kappa shape index (κ2) is 16.1. The average Bonchev–Trinajstić information content (AvgIpc) is 3.10. The first-order valence-electron chi connectivity index (χ1n) is 16.2. The Bertz CT molecular complexity index is 1870. The van der Waals surface area contributed by atoms with Crippen molar-refractivity contribution < 1.29 is 35.6 Å². The second-order valence-corrected chi connectivity index (χ2v) is 14.5. The molecule has 4 aromatic rings. The van der Waals surface area contributed by atoms with Crippen LogP contribution in [0.15, 0.2) is 108 Å². The van der Waals surface area contributed by atoms with Gasteiger partial charge in [0.25, 0.3) is 10.0 Å². The molecule has 264 valence electrons. The van der Waals surface area contributed by atoms with Gasteiger partial charge in [-0.3, -0.25) is 13.9 Å². The number of hydrogen-bond donors (Lipinski definition) is 1. The van der Waals surface area contributed by atoms with Gasteiger partial charge >= 0.3 is 6.18 Å². The molecule has 7 nitrogen and oxygen atoms in total. The van der Waals surface area contributed by atoms with E-state index in [0.29, 0.717) is 15.9 Å². The van der Waals surface area contributed by atoms with E-state index in [9.17, 15) is 35.6 Å². The number of alkyl halides is 3. The van der Waals surface area contributed by atoms with Crippen LogP contribution in [-0.4, -0.2) is 43.8 Å². The number of nitrogens with one attached hydrogen (secondary N) is 1. The second-order valence-electron chi connectivity index (χ2n) is 12.2. The SMILES string of the molecule is O=C(NC1CCCCC1)C(Cc1ccccc1)N(Cc1ccc(F)cc1)C(=O)CN(c1ccc(Cl)c(C(F)(F)F)c1)S(=O)(=O)c1ccccc1. The van der Waals surface area contributed by atoms with Crippen LogP contribution in [0.3, 0.4) is 0 Å². The van der Waals surface area contributed by atoms with E-state index in [4.69, 9.17) is 11.6 Å². The lowest BCUT2D eigenvalue weighted by atomic mass is 9.94. The molecular formula is C37H36ClF4N3O4S. The van der Waals surface area contributed by atoms with E-state index in [2.05, 4.69) is 5.32 Å². The minimum atomic E-state index is -4.92. The molecule has 1 unspecified atom stereocenters. The maximum atomic E-state index is 14.6. The molecule has 0 bridgehead atoms.